The first-order valence-corrected chi connectivity index (χ1v) is 9.30. The normalized spacial score (nSPS) is 13.4. The van der Waals surface area contributed by atoms with Gasteiger partial charge in [0, 0.05) is 12.3 Å². The van der Waals surface area contributed by atoms with Gasteiger partial charge < -0.3 is 9.67 Å². The second kappa shape index (κ2) is 6.88. The zero-order valence-corrected chi connectivity index (χ0v) is 15.0. The van der Waals surface area contributed by atoms with E-state index in [-0.39, 0.29) is 24.9 Å². The number of amides is 2. The Balaban J connectivity index is 1.51. The molecule has 136 valence electrons. The number of para-hydroxylation sites is 2. The van der Waals surface area contributed by atoms with E-state index in [0.717, 1.165) is 5.52 Å². The monoisotopic (exact) mass is 381 g/mol. The number of imidazole rings is 1. The summed E-state index contributed by atoms with van der Waals surface area (Å²) in [6, 6.07) is 14.1. The smallest absolute Gasteiger partial charge is 0.323 e. The molecular formula is C19H15N3O4S. The van der Waals surface area contributed by atoms with E-state index in [4.69, 9.17) is 0 Å². The van der Waals surface area contributed by atoms with Crippen LogP contribution in [0.3, 0.4) is 0 Å². The summed E-state index contributed by atoms with van der Waals surface area (Å²) in [6.45, 7) is 0.0309. The minimum absolute atomic E-state index is 0.199. The van der Waals surface area contributed by atoms with E-state index in [0.29, 0.717) is 27.6 Å². The van der Waals surface area contributed by atoms with Gasteiger partial charge in [-0.2, -0.15) is 0 Å². The van der Waals surface area contributed by atoms with Crippen molar-refractivity contribution in [1.82, 2.24) is 14.5 Å². The van der Waals surface area contributed by atoms with Crippen molar-refractivity contribution < 1.29 is 19.5 Å². The topological polar surface area (TPSA) is 92.5 Å². The predicted molar refractivity (Wildman–Crippen MR) is 99.9 cm³/mol. The van der Waals surface area contributed by atoms with Gasteiger partial charge in [0.15, 0.2) is 5.16 Å². The van der Waals surface area contributed by atoms with Gasteiger partial charge in [0.1, 0.15) is 6.54 Å². The average molecular weight is 381 g/mol. The molecule has 27 heavy (non-hydrogen) atoms. The van der Waals surface area contributed by atoms with Crippen LogP contribution >= 0.6 is 11.8 Å². The summed E-state index contributed by atoms with van der Waals surface area (Å²) in [5, 5.41) is 9.73. The van der Waals surface area contributed by atoms with Gasteiger partial charge in [-0.1, -0.05) is 36.0 Å². The fourth-order valence-electron chi connectivity index (χ4n) is 3.12. The molecule has 0 fully saturated rings. The van der Waals surface area contributed by atoms with E-state index in [1.165, 1.54) is 16.7 Å². The van der Waals surface area contributed by atoms with Crippen molar-refractivity contribution in [3.63, 3.8) is 0 Å². The lowest BCUT2D eigenvalue weighted by atomic mass is 10.1. The number of thioether (sulfide) groups is 1. The molecule has 0 unspecified atom stereocenters. The minimum atomic E-state index is -0.958. The number of benzene rings is 2. The number of carbonyl (C=O) groups is 3. The number of rotatable bonds is 6. The van der Waals surface area contributed by atoms with Gasteiger partial charge in [-0.15, -0.1) is 0 Å². The molecule has 2 aromatic carbocycles. The van der Waals surface area contributed by atoms with Crippen LogP contribution in [-0.2, 0) is 11.3 Å². The van der Waals surface area contributed by atoms with Crippen molar-refractivity contribution >= 4 is 40.6 Å². The van der Waals surface area contributed by atoms with Crippen LogP contribution in [0.15, 0.2) is 53.7 Å². The second-order valence-corrected chi connectivity index (χ2v) is 7.08. The van der Waals surface area contributed by atoms with Crippen molar-refractivity contribution in [3.05, 3.63) is 59.7 Å². The van der Waals surface area contributed by atoms with Crippen LogP contribution < -0.4 is 0 Å². The number of fused-ring (bicyclic) bond motifs is 2. The number of nitrogens with zero attached hydrogens (tertiary/aromatic N) is 3. The number of aliphatic carboxylic acids is 1. The number of aromatic nitrogens is 2. The molecule has 1 aliphatic heterocycles. The van der Waals surface area contributed by atoms with Gasteiger partial charge in [0.05, 0.1) is 22.2 Å². The van der Waals surface area contributed by atoms with E-state index >= 15 is 0 Å². The van der Waals surface area contributed by atoms with Crippen molar-refractivity contribution in [2.24, 2.45) is 0 Å². The zero-order chi connectivity index (χ0) is 19.0. The maximum Gasteiger partial charge on any atom is 0.323 e. The largest absolute Gasteiger partial charge is 0.480 e. The van der Waals surface area contributed by atoms with Gasteiger partial charge in [0.2, 0.25) is 0 Å². The Kier molecular flexibility index (Phi) is 4.41. The van der Waals surface area contributed by atoms with Crippen molar-refractivity contribution in [2.45, 2.75) is 11.7 Å². The average Bonchev–Trinajstić information content (AvgIpc) is 3.12. The van der Waals surface area contributed by atoms with E-state index in [1.807, 2.05) is 24.3 Å². The van der Waals surface area contributed by atoms with Crippen LogP contribution in [0.4, 0.5) is 0 Å². The Morgan fingerprint density at radius 2 is 1.63 bits per heavy atom. The molecule has 0 radical (unpaired) electrons. The summed E-state index contributed by atoms with van der Waals surface area (Å²) in [4.78, 5) is 41.7. The highest BCUT2D eigenvalue weighted by Gasteiger charge is 2.34. The van der Waals surface area contributed by atoms with Gasteiger partial charge >= 0.3 is 5.97 Å². The molecule has 4 rings (SSSR count). The molecule has 0 saturated carbocycles. The highest BCUT2D eigenvalue weighted by atomic mass is 32.2. The van der Waals surface area contributed by atoms with Crippen LogP contribution in [0.2, 0.25) is 0 Å². The molecule has 0 spiro atoms. The Labute approximate surface area is 158 Å². The molecular weight excluding hydrogens is 366 g/mol. The third-order valence-electron chi connectivity index (χ3n) is 4.34. The maximum absolute atomic E-state index is 12.4. The molecule has 0 bridgehead atoms. The SMILES string of the molecule is O=C(O)Cn1c(SCCN2C(=O)c3ccccc3C2=O)nc2ccccc21. The maximum atomic E-state index is 12.4. The lowest BCUT2D eigenvalue weighted by Crippen LogP contribution is -2.31. The van der Waals surface area contributed by atoms with E-state index < -0.39 is 5.97 Å². The molecule has 7 nitrogen and oxygen atoms in total. The van der Waals surface area contributed by atoms with Crippen LogP contribution in [0.1, 0.15) is 20.7 Å². The number of carboxylic acid groups (broad SMARTS) is 1. The van der Waals surface area contributed by atoms with Gasteiger partial charge in [-0.05, 0) is 24.3 Å². The highest BCUT2D eigenvalue weighted by Crippen LogP contribution is 2.26. The summed E-state index contributed by atoms with van der Waals surface area (Å²) in [7, 11) is 0. The fraction of sp³-hybridized carbons (Fsp3) is 0.158. The third kappa shape index (κ3) is 3.08. The Morgan fingerprint density at radius 3 is 2.30 bits per heavy atom. The predicted octanol–water partition coefficient (Wildman–Crippen LogP) is 2.51. The van der Waals surface area contributed by atoms with Crippen molar-refractivity contribution in [3.8, 4) is 0 Å². The summed E-state index contributed by atoms with van der Waals surface area (Å²) in [5.74, 6) is -1.13. The van der Waals surface area contributed by atoms with Crippen LogP contribution in [0.25, 0.3) is 11.0 Å². The second-order valence-electron chi connectivity index (χ2n) is 6.02. The molecule has 0 saturated heterocycles. The highest BCUT2D eigenvalue weighted by molar-refractivity contribution is 7.99. The van der Waals surface area contributed by atoms with Crippen LogP contribution in [-0.4, -0.2) is 49.6 Å². The molecule has 3 aromatic rings. The number of hydrogen-bond acceptors (Lipinski definition) is 5. The van der Waals surface area contributed by atoms with Crippen molar-refractivity contribution in [1.29, 1.82) is 0 Å². The van der Waals surface area contributed by atoms with Gasteiger partial charge in [-0.3, -0.25) is 19.3 Å². The summed E-state index contributed by atoms with van der Waals surface area (Å²) in [6.07, 6.45) is 0. The lowest BCUT2D eigenvalue weighted by Gasteiger charge is -2.13. The molecule has 2 heterocycles. The quantitative estimate of drug-likeness (QED) is 0.521. The third-order valence-corrected chi connectivity index (χ3v) is 5.29. The Hall–Kier alpha value is -3.13. The molecule has 0 atom stereocenters. The van der Waals surface area contributed by atoms with Gasteiger partial charge in [0.25, 0.3) is 11.8 Å². The minimum Gasteiger partial charge on any atom is -0.480 e. The number of carbonyl (C=O) groups excluding carboxylic acids is 2. The van der Waals surface area contributed by atoms with Crippen LogP contribution in [0, 0.1) is 0 Å². The summed E-state index contributed by atoms with van der Waals surface area (Å²) >= 11 is 1.33. The standard InChI is InChI=1S/C19H15N3O4S/c23-16(24)11-22-15-8-4-3-7-14(15)20-19(22)27-10-9-21-17(25)12-5-1-2-6-13(12)18(21)26/h1-8H,9-11H2,(H,23,24). The number of carboxylic acids is 1. The van der Waals surface area contributed by atoms with Crippen LogP contribution in [0.5, 0.6) is 0 Å². The molecule has 8 heteroatoms. The molecule has 1 N–H and O–H groups in total. The molecule has 0 aliphatic carbocycles. The molecule has 2 amide bonds. The van der Waals surface area contributed by atoms with E-state index in [1.54, 1.807) is 28.8 Å². The first-order valence-electron chi connectivity index (χ1n) is 8.31. The van der Waals surface area contributed by atoms with Crippen molar-refractivity contribution in [2.75, 3.05) is 12.3 Å². The number of imide groups is 1. The van der Waals surface area contributed by atoms with E-state index in [2.05, 4.69) is 4.98 Å². The fourth-order valence-corrected chi connectivity index (χ4v) is 4.06. The number of hydrogen-bond donors (Lipinski definition) is 1. The van der Waals surface area contributed by atoms with E-state index in [9.17, 15) is 19.5 Å². The molecule has 1 aliphatic rings. The lowest BCUT2D eigenvalue weighted by molar-refractivity contribution is -0.137. The van der Waals surface area contributed by atoms with Gasteiger partial charge in [-0.25, -0.2) is 4.98 Å². The Morgan fingerprint density at radius 1 is 1.00 bits per heavy atom. The summed E-state index contributed by atoms with van der Waals surface area (Å²) in [5.41, 5.74) is 2.29. The first-order chi connectivity index (χ1) is 13.1. The Bertz CT molecular complexity index is 1040. The zero-order valence-electron chi connectivity index (χ0n) is 14.2. The molecule has 1 aromatic heterocycles. The summed E-state index contributed by atoms with van der Waals surface area (Å²) < 4.78 is 1.63. The first kappa shape index (κ1) is 17.3.